The van der Waals surface area contributed by atoms with Crippen molar-refractivity contribution in [1.82, 2.24) is 9.97 Å². The Morgan fingerprint density at radius 3 is 2.88 bits per heavy atom. The van der Waals surface area contributed by atoms with Gasteiger partial charge in [0.05, 0.1) is 10.9 Å². The van der Waals surface area contributed by atoms with Gasteiger partial charge in [-0.3, -0.25) is 4.79 Å². The molecule has 0 bridgehead atoms. The molecule has 1 aromatic heterocycles. The number of hydrogen-bond donors (Lipinski definition) is 2. The molecule has 5 heteroatoms. The van der Waals surface area contributed by atoms with E-state index >= 15 is 0 Å². The van der Waals surface area contributed by atoms with Gasteiger partial charge in [0, 0.05) is 18.0 Å². The number of fused-ring (bicyclic) bond motifs is 1. The summed E-state index contributed by atoms with van der Waals surface area (Å²) in [7, 11) is 0. The van der Waals surface area contributed by atoms with Gasteiger partial charge in [-0.15, -0.1) is 0 Å². The summed E-state index contributed by atoms with van der Waals surface area (Å²) >= 11 is 0. The summed E-state index contributed by atoms with van der Waals surface area (Å²) in [6.45, 7) is 0.455. The quantitative estimate of drug-likeness (QED) is 0.814. The zero-order valence-electron chi connectivity index (χ0n) is 9.16. The molecule has 88 valence electrons. The van der Waals surface area contributed by atoms with Crippen LogP contribution in [-0.2, 0) is 5.41 Å². The lowest BCUT2D eigenvalue weighted by Crippen LogP contribution is -2.26. The molecule has 3 N–H and O–H groups in total. The number of aromatic nitrogens is 2. The summed E-state index contributed by atoms with van der Waals surface area (Å²) in [5.74, 6) is 0.197. The number of rotatable bonds is 2. The van der Waals surface area contributed by atoms with Crippen LogP contribution in [-0.4, -0.2) is 16.5 Å². The standard InChI is InChI=1S/C12H12FN3O/c13-7-1-2-8-9(5-7)15-11(16-10(8)17)12(6-14)3-4-12/h1-2,5H,3-4,6,14H2,(H,15,16,17). The van der Waals surface area contributed by atoms with E-state index in [1.54, 1.807) is 0 Å². The zero-order chi connectivity index (χ0) is 12.0. The van der Waals surface area contributed by atoms with Gasteiger partial charge in [-0.05, 0) is 25.0 Å². The van der Waals surface area contributed by atoms with Crippen LogP contribution in [0.1, 0.15) is 18.7 Å². The van der Waals surface area contributed by atoms with Gasteiger partial charge in [0.15, 0.2) is 0 Å². The summed E-state index contributed by atoms with van der Waals surface area (Å²) in [6, 6.07) is 3.98. The van der Waals surface area contributed by atoms with Crippen molar-refractivity contribution >= 4 is 10.9 Å². The molecule has 1 aromatic carbocycles. The second-order valence-electron chi connectivity index (χ2n) is 4.56. The number of nitrogens with two attached hydrogens (primary N) is 1. The smallest absolute Gasteiger partial charge is 0.258 e. The van der Waals surface area contributed by atoms with Gasteiger partial charge < -0.3 is 10.7 Å². The Morgan fingerprint density at radius 1 is 1.47 bits per heavy atom. The molecule has 1 saturated carbocycles. The molecule has 0 saturated heterocycles. The monoisotopic (exact) mass is 233 g/mol. The molecule has 0 amide bonds. The van der Waals surface area contributed by atoms with Crippen LogP contribution in [0.25, 0.3) is 10.9 Å². The molecular formula is C12H12FN3O. The molecule has 0 radical (unpaired) electrons. The van der Waals surface area contributed by atoms with Crippen LogP contribution in [0.4, 0.5) is 4.39 Å². The Hall–Kier alpha value is -1.75. The Labute approximate surface area is 96.7 Å². The van der Waals surface area contributed by atoms with E-state index in [-0.39, 0.29) is 16.8 Å². The van der Waals surface area contributed by atoms with E-state index < -0.39 is 0 Å². The fourth-order valence-corrected chi connectivity index (χ4v) is 2.05. The second-order valence-corrected chi connectivity index (χ2v) is 4.56. The highest BCUT2D eigenvalue weighted by atomic mass is 19.1. The molecular weight excluding hydrogens is 221 g/mol. The topological polar surface area (TPSA) is 71.8 Å². The van der Waals surface area contributed by atoms with Crippen LogP contribution in [0.15, 0.2) is 23.0 Å². The molecule has 2 aromatic rings. The molecule has 0 spiro atoms. The van der Waals surface area contributed by atoms with Crippen molar-refractivity contribution in [1.29, 1.82) is 0 Å². The minimum Gasteiger partial charge on any atom is -0.329 e. The Kier molecular flexibility index (Phi) is 2.06. The van der Waals surface area contributed by atoms with Crippen molar-refractivity contribution in [3.05, 3.63) is 40.2 Å². The molecule has 1 fully saturated rings. The van der Waals surface area contributed by atoms with Crippen LogP contribution in [0.2, 0.25) is 0 Å². The number of benzene rings is 1. The van der Waals surface area contributed by atoms with Gasteiger partial charge in [-0.25, -0.2) is 9.37 Å². The van der Waals surface area contributed by atoms with Crippen LogP contribution in [0.3, 0.4) is 0 Å². The third kappa shape index (κ3) is 1.54. The van der Waals surface area contributed by atoms with Crippen LogP contribution < -0.4 is 11.3 Å². The number of halogens is 1. The van der Waals surface area contributed by atoms with Gasteiger partial charge in [0.1, 0.15) is 11.6 Å². The average Bonchev–Trinajstić information content (AvgIpc) is 3.09. The number of nitrogens with zero attached hydrogens (tertiary/aromatic N) is 1. The fraction of sp³-hybridized carbons (Fsp3) is 0.333. The van der Waals surface area contributed by atoms with Crippen molar-refractivity contribution in [3.8, 4) is 0 Å². The van der Waals surface area contributed by atoms with Crippen molar-refractivity contribution in [2.24, 2.45) is 5.73 Å². The minimum atomic E-state index is -0.390. The van der Waals surface area contributed by atoms with Gasteiger partial charge in [-0.1, -0.05) is 0 Å². The molecule has 0 unspecified atom stereocenters. The van der Waals surface area contributed by atoms with E-state index in [4.69, 9.17) is 5.73 Å². The van der Waals surface area contributed by atoms with E-state index in [9.17, 15) is 9.18 Å². The maximum atomic E-state index is 13.1. The molecule has 1 aliphatic carbocycles. The SMILES string of the molecule is NCC1(c2nc3cc(F)ccc3c(=O)[nH]2)CC1. The Bertz CT molecular complexity index is 646. The molecule has 17 heavy (non-hydrogen) atoms. The van der Waals surface area contributed by atoms with Crippen molar-refractivity contribution in [3.63, 3.8) is 0 Å². The third-order valence-corrected chi connectivity index (χ3v) is 3.42. The molecule has 1 heterocycles. The first-order valence-electron chi connectivity index (χ1n) is 5.55. The number of H-pyrrole nitrogens is 1. The Morgan fingerprint density at radius 2 is 2.24 bits per heavy atom. The van der Waals surface area contributed by atoms with Gasteiger partial charge in [0.25, 0.3) is 5.56 Å². The lowest BCUT2D eigenvalue weighted by Gasteiger charge is -2.11. The van der Waals surface area contributed by atoms with Crippen molar-refractivity contribution in [2.45, 2.75) is 18.3 Å². The predicted octanol–water partition coefficient (Wildman–Crippen LogP) is 1.05. The fourth-order valence-electron chi connectivity index (χ4n) is 2.05. The molecule has 0 atom stereocenters. The summed E-state index contributed by atoms with van der Waals surface area (Å²) in [4.78, 5) is 18.9. The van der Waals surface area contributed by atoms with Crippen LogP contribution in [0.5, 0.6) is 0 Å². The number of nitrogens with one attached hydrogen (secondary N) is 1. The van der Waals surface area contributed by atoms with Crippen LogP contribution >= 0.6 is 0 Å². The summed E-state index contributed by atoms with van der Waals surface area (Å²) in [6.07, 6.45) is 1.85. The third-order valence-electron chi connectivity index (χ3n) is 3.42. The van der Waals surface area contributed by atoms with Crippen LogP contribution in [0, 0.1) is 5.82 Å². The average molecular weight is 233 g/mol. The van der Waals surface area contributed by atoms with E-state index in [2.05, 4.69) is 9.97 Å². The first kappa shape index (κ1) is 10.4. The Balaban J connectivity index is 2.26. The summed E-state index contributed by atoms with van der Waals surface area (Å²) in [5.41, 5.74) is 5.65. The minimum absolute atomic E-state index is 0.195. The molecule has 0 aliphatic heterocycles. The predicted molar refractivity (Wildman–Crippen MR) is 62.3 cm³/mol. The van der Waals surface area contributed by atoms with Crippen molar-refractivity contribution in [2.75, 3.05) is 6.54 Å². The largest absolute Gasteiger partial charge is 0.329 e. The zero-order valence-corrected chi connectivity index (χ0v) is 9.16. The summed E-state index contributed by atoms with van der Waals surface area (Å²) < 4.78 is 13.1. The second kappa shape index (κ2) is 3.37. The van der Waals surface area contributed by atoms with E-state index in [0.717, 1.165) is 12.8 Å². The molecule has 1 aliphatic rings. The number of aromatic amines is 1. The lowest BCUT2D eigenvalue weighted by atomic mass is 10.1. The molecule has 4 nitrogen and oxygen atoms in total. The number of hydrogen-bond acceptors (Lipinski definition) is 3. The van der Waals surface area contributed by atoms with Gasteiger partial charge in [-0.2, -0.15) is 0 Å². The highest BCUT2D eigenvalue weighted by molar-refractivity contribution is 5.77. The van der Waals surface area contributed by atoms with E-state index in [1.165, 1.54) is 18.2 Å². The maximum Gasteiger partial charge on any atom is 0.258 e. The highest BCUT2D eigenvalue weighted by Gasteiger charge is 2.45. The highest BCUT2D eigenvalue weighted by Crippen LogP contribution is 2.45. The van der Waals surface area contributed by atoms with Gasteiger partial charge in [0.2, 0.25) is 0 Å². The lowest BCUT2D eigenvalue weighted by molar-refractivity contribution is 0.627. The first-order chi connectivity index (χ1) is 8.14. The van der Waals surface area contributed by atoms with E-state index in [0.29, 0.717) is 23.3 Å². The summed E-state index contributed by atoms with van der Waals surface area (Å²) in [5, 5.41) is 0.406. The van der Waals surface area contributed by atoms with Crippen molar-refractivity contribution < 1.29 is 4.39 Å². The van der Waals surface area contributed by atoms with E-state index in [1.807, 2.05) is 0 Å². The van der Waals surface area contributed by atoms with Gasteiger partial charge >= 0.3 is 0 Å². The normalized spacial score (nSPS) is 17.3. The molecule has 3 rings (SSSR count). The first-order valence-corrected chi connectivity index (χ1v) is 5.55. The maximum absolute atomic E-state index is 13.1.